The first kappa shape index (κ1) is 21.4. The van der Waals surface area contributed by atoms with Gasteiger partial charge in [0.2, 0.25) is 11.8 Å². The number of nitrogens with two attached hydrogens (primary N) is 1. The first-order chi connectivity index (χ1) is 13.2. The SMILES string of the molecule is CC(=O)N(CCC(=O)Nc1cc(CN)cc(C(F)(F)F)c1)Cc1ccccc1. The number of nitrogens with one attached hydrogen (secondary N) is 1. The fourth-order valence-corrected chi connectivity index (χ4v) is 2.66. The number of carbonyl (C=O) groups excluding carboxylic acids is 2. The summed E-state index contributed by atoms with van der Waals surface area (Å²) in [4.78, 5) is 25.5. The smallest absolute Gasteiger partial charge is 0.338 e. The molecule has 0 saturated heterocycles. The second-order valence-electron chi connectivity index (χ2n) is 6.34. The Labute approximate surface area is 161 Å². The molecule has 0 aliphatic carbocycles. The molecule has 2 rings (SSSR count). The highest BCUT2D eigenvalue weighted by Crippen LogP contribution is 2.32. The topological polar surface area (TPSA) is 75.4 Å². The van der Waals surface area contributed by atoms with E-state index in [9.17, 15) is 22.8 Å². The molecule has 3 N–H and O–H groups in total. The molecule has 0 fully saturated rings. The molecule has 0 atom stereocenters. The zero-order valence-corrected chi connectivity index (χ0v) is 15.4. The maximum atomic E-state index is 13.0. The molecule has 0 saturated carbocycles. The molecule has 0 unspecified atom stereocenters. The summed E-state index contributed by atoms with van der Waals surface area (Å²) in [6, 6.07) is 12.5. The molecule has 150 valence electrons. The van der Waals surface area contributed by atoms with Gasteiger partial charge in [0.25, 0.3) is 0 Å². The molecule has 2 amide bonds. The lowest BCUT2D eigenvalue weighted by Crippen LogP contribution is -2.31. The predicted octanol–water partition coefficient (Wildman–Crippen LogP) is 3.54. The Hall–Kier alpha value is -2.87. The third-order valence-corrected chi connectivity index (χ3v) is 4.11. The van der Waals surface area contributed by atoms with Crippen molar-refractivity contribution in [2.45, 2.75) is 32.6 Å². The van der Waals surface area contributed by atoms with Crippen LogP contribution in [-0.4, -0.2) is 23.3 Å². The van der Waals surface area contributed by atoms with Gasteiger partial charge in [0.05, 0.1) is 5.56 Å². The Bertz CT molecular complexity index is 823. The highest BCUT2D eigenvalue weighted by molar-refractivity contribution is 5.91. The van der Waals surface area contributed by atoms with E-state index in [-0.39, 0.29) is 36.7 Å². The molecule has 0 heterocycles. The highest BCUT2D eigenvalue weighted by atomic mass is 19.4. The minimum Gasteiger partial charge on any atom is -0.338 e. The average Bonchev–Trinajstić information content (AvgIpc) is 2.64. The number of hydrogen-bond acceptors (Lipinski definition) is 3. The summed E-state index contributed by atoms with van der Waals surface area (Å²) in [5.41, 5.74) is 5.78. The second kappa shape index (κ2) is 9.36. The maximum absolute atomic E-state index is 13.0. The molecule has 0 aromatic heterocycles. The molecule has 0 aliphatic rings. The van der Waals surface area contributed by atoms with Gasteiger partial charge in [0.15, 0.2) is 0 Å². The minimum atomic E-state index is -4.54. The fourth-order valence-electron chi connectivity index (χ4n) is 2.66. The largest absolute Gasteiger partial charge is 0.416 e. The van der Waals surface area contributed by atoms with E-state index >= 15 is 0 Å². The molecule has 2 aromatic carbocycles. The van der Waals surface area contributed by atoms with Crippen LogP contribution in [0, 0.1) is 0 Å². The molecule has 28 heavy (non-hydrogen) atoms. The number of hydrogen-bond donors (Lipinski definition) is 2. The number of alkyl halides is 3. The Morgan fingerprint density at radius 3 is 2.32 bits per heavy atom. The van der Waals surface area contributed by atoms with Gasteiger partial charge in [-0.25, -0.2) is 0 Å². The number of carbonyl (C=O) groups is 2. The number of amides is 2. The number of anilines is 1. The van der Waals surface area contributed by atoms with Crippen molar-refractivity contribution in [3.8, 4) is 0 Å². The molecule has 0 aliphatic heterocycles. The van der Waals surface area contributed by atoms with E-state index < -0.39 is 17.6 Å². The standard InChI is InChI=1S/C20H22F3N3O2/c1-14(27)26(13-15-5-3-2-4-6-15)8-7-19(28)25-18-10-16(12-24)9-17(11-18)20(21,22)23/h2-6,9-11H,7-8,12-13,24H2,1H3,(H,25,28). The monoisotopic (exact) mass is 393 g/mol. The van der Waals surface area contributed by atoms with Crippen molar-refractivity contribution >= 4 is 17.5 Å². The summed E-state index contributed by atoms with van der Waals surface area (Å²) < 4.78 is 38.9. The number of halogens is 3. The van der Waals surface area contributed by atoms with Crippen molar-refractivity contribution in [1.82, 2.24) is 4.90 Å². The van der Waals surface area contributed by atoms with Gasteiger partial charge in [-0.05, 0) is 29.3 Å². The van der Waals surface area contributed by atoms with Crippen LogP contribution in [0.15, 0.2) is 48.5 Å². The van der Waals surface area contributed by atoms with E-state index in [0.29, 0.717) is 6.54 Å². The predicted molar refractivity (Wildman–Crippen MR) is 100 cm³/mol. The third kappa shape index (κ3) is 6.38. The normalized spacial score (nSPS) is 11.2. The van der Waals surface area contributed by atoms with Gasteiger partial charge in [0.1, 0.15) is 0 Å². The van der Waals surface area contributed by atoms with Crippen molar-refractivity contribution in [2.75, 3.05) is 11.9 Å². The number of benzene rings is 2. The first-order valence-electron chi connectivity index (χ1n) is 8.69. The van der Waals surface area contributed by atoms with E-state index in [0.717, 1.165) is 17.7 Å². The third-order valence-electron chi connectivity index (χ3n) is 4.11. The fraction of sp³-hybridized carbons (Fsp3) is 0.300. The van der Waals surface area contributed by atoms with Crippen LogP contribution < -0.4 is 11.1 Å². The average molecular weight is 393 g/mol. The van der Waals surface area contributed by atoms with Gasteiger partial charge in [-0.2, -0.15) is 13.2 Å². The molecular weight excluding hydrogens is 371 g/mol. The summed E-state index contributed by atoms with van der Waals surface area (Å²) >= 11 is 0. The van der Waals surface area contributed by atoms with Crippen molar-refractivity contribution in [2.24, 2.45) is 5.73 Å². The Balaban J connectivity index is 2.01. The minimum absolute atomic E-state index is 0.0257. The molecular formula is C20H22F3N3O2. The molecule has 0 bridgehead atoms. The molecule has 5 nitrogen and oxygen atoms in total. The van der Waals surface area contributed by atoms with Crippen LogP contribution in [0.4, 0.5) is 18.9 Å². The van der Waals surface area contributed by atoms with Crippen LogP contribution in [0.2, 0.25) is 0 Å². The number of rotatable bonds is 7. The zero-order valence-electron chi connectivity index (χ0n) is 15.4. The number of nitrogens with zero attached hydrogens (tertiary/aromatic N) is 1. The van der Waals surface area contributed by atoms with E-state index in [4.69, 9.17) is 5.73 Å². The Kier molecular flexibility index (Phi) is 7.17. The lowest BCUT2D eigenvalue weighted by Gasteiger charge is -2.21. The highest BCUT2D eigenvalue weighted by Gasteiger charge is 2.31. The maximum Gasteiger partial charge on any atom is 0.416 e. The van der Waals surface area contributed by atoms with E-state index in [1.807, 2.05) is 30.3 Å². The van der Waals surface area contributed by atoms with Crippen LogP contribution in [0.3, 0.4) is 0 Å². The quantitative estimate of drug-likeness (QED) is 0.756. The van der Waals surface area contributed by atoms with Crippen LogP contribution in [-0.2, 0) is 28.9 Å². The summed E-state index contributed by atoms with van der Waals surface area (Å²) in [5, 5.41) is 2.45. The molecule has 0 radical (unpaired) electrons. The molecule has 8 heteroatoms. The molecule has 0 spiro atoms. The van der Waals surface area contributed by atoms with Gasteiger partial charge < -0.3 is 16.0 Å². The van der Waals surface area contributed by atoms with E-state index in [1.54, 1.807) is 0 Å². The zero-order chi connectivity index (χ0) is 20.7. The Morgan fingerprint density at radius 2 is 1.75 bits per heavy atom. The summed E-state index contributed by atoms with van der Waals surface area (Å²) in [7, 11) is 0. The van der Waals surface area contributed by atoms with Crippen molar-refractivity contribution in [1.29, 1.82) is 0 Å². The second-order valence-corrected chi connectivity index (χ2v) is 6.34. The Morgan fingerprint density at radius 1 is 1.07 bits per heavy atom. The summed E-state index contributed by atoms with van der Waals surface area (Å²) in [6.45, 7) is 1.83. The van der Waals surface area contributed by atoms with Crippen LogP contribution in [0.1, 0.15) is 30.0 Å². The van der Waals surface area contributed by atoms with E-state index in [2.05, 4.69) is 5.32 Å². The van der Waals surface area contributed by atoms with Crippen molar-refractivity contribution in [3.63, 3.8) is 0 Å². The van der Waals surface area contributed by atoms with Crippen LogP contribution >= 0.6 is 0 Å². The van der Waals surface area contributed by atoms with Gasteiger partial charge >= 0.3 is 6.18 Å². The van der Waals surface area contributed by atoms with Crippen LogP contribution in [0.5, 0.6) is 0 Å². The van der Waals surface area contributed by atoms with Crippen molar-refractivity contribution in [3.05, 3.63) is 65.2 Å². The van der Waals surface area contributed by atoms with Gasteiger partial charge in [0, 0.05) is 38.7 Å². The lowest BCUT2D eigenvalue weighted by atomic mass is 10.1. The van der Waals surface area contributed by atoms with Gasteiger partial charge in [-0.1, -0.05) is 30.3 Å². The summed E-state index contributed by atoms with van der Waals surface area (Å²) in [6.07, 6.45) is -4.58. The van der Waals surface area contributed by atoms with Crippen molar-refractivity contribution < 1.29 is 22.8 Å². The summed E-state index contributed by atoms with van der Waals surface area (Å²) in [5.74, 6) is -0.678. The first-order valence-corrected chi connectivity index (χ1v) is 8.69. The lowest BCUT2D eigenvalue weighted by molar-refractivity contribution is -0.137. The van der Waals surface area contributed by atoms with E-state index in [1.165, 1.54) is 17.9 Å². The van der Waals surface area contributed by atoms with Gasteiger partial charge in [-0.3, -0.25) is 9.59 Å². The molecule has 2 aromatic rings. The van der Waals surface area contributed by atoms with Gasteiger partial charge in [-0.15, -0.1) is 0 Å². The van der Waals surface area contributed by atoms with Crippen LogP contribution in [0.25, 0.3) is 0 Å².